The van der Waals surface area contributed by atoms with Gasteiger partial charge in [-0.05, 0) is 37.1 Å². The molecule has 2 N–H and O–H groups in total. The topological polar surface area (TPSA) is 106 Å². The van der Waals surface area contributed by atoms with Crippen molar-refractivity contribution in [3.63, 3.8) is 0 Å². The largest absolute Gasteiger partial charge is 0.463 e. The van der Waals surface area contributed by atoms with Gasteiger partial charge in [0.25, 0.3) is 5.56 Å². The summed E-state index contributed by atoms with van der Waals surface area (Å²) in [5, 5.41) is 7.28. The first-order valence-electron chi connectivity index (χ1n) is 9.83. The number of anilines is 1. The molecule has 0 saturated heterocycles. The second kappa shape index (κ2) is 8.66. The SMILES string of the molecule is CCc1c(C)nc(-n2nc(-c3ccco3)cc2NC(=O)/C=C\c2ccccc2)[nH]c1=O. The van der Waals surface area contributed by atoms with Crippen molar-refractivity contribution < 1.29 is 9.21 Å². The molecular weight excluding hydrogens is 394 g/mol. The summed E-state index contributed by atoms with van der Waals surface area (Å²) in [5.74, 6) is 0.735. The number of hydrogen-bond donors (Lipinski definition) is 2. The van der Waals surface area contributed by atoms with Crippen molar-refractivity contribution in [2.75, 3.05) is 5.32 Å². The fraction of sp³-hybridized carbons (Fsp3) is 0.130. The highest BCUT2D eigenvalue weighted by atomic mass is 16.3. The first kappa shape index (κ1) is 20.1. The van der Waals surface area contributed by atoms with Crippen molar-refractivity contribution in [3.05, 3.63) is 88.0 Å². The van der Waals surface area contributed by atoms with E-state index in [-0.39, 0.29) is 17.4 Å². The number of carbonyl (C=O) groups is 1. The van der Waals surface area contributed by atoms with Gasteiger partial charge in [0.05, 0.1) is 6.26 Å². The number of benzene rings is 1. The minimum Gasteiger partial charge on any atom is -0.463 e. The molecule has 4 aromatic rings. The fourth-order valence-electron chi connectivity index (χ4n) is 3.19. The summed E-state index contributed by atoms with van der Waals surface area (Å²) >= 11 is 0. The average molecular weight is 415 g/mol. The zero-order valence-electron chi connectivity index (χ0n) is 17.1. The van der Waals surface area contributed by atoms with Gasteiger partial charge in [0.2, 0.25) is 11.9 Å². The molecular formula is C23H21N5O3. The van der Waals surface area contributed by atoms with Crippen LogP contribution >= 0.6 is 0 Å². The van der Waals surface area contributed by atoms with Gasteiger partial charge in [0, 0.05) is 23.4 Å². The van der Waals surface area contributed by atoms with Crippen LogP contribution in [0.2, 0.25) is 0 Å². The zero-order chi connectivity index (χ0) is 21.8. The first-order valence-corrected chi connectivity index (χ1v) is 9.83. The molecule has 8 nitrogen and oxygen atoms in total. The lowest BCUT2D eigenvalue weighted by Gasteiger charge is -2.09. The number of hydrogen-bond acceptors (Lipinski definition) is 5. The van der Waals surface area contributed by atoms with E-state index in [0.717, 1.165) is 5.56 Å². The van der Waals surface area contributed by atoms with Gasteiger partial charge in [0.15, 0.2) is 5.76 Å². The minimum absolute atomic E-state index is 0.208. The monoisotopic (exact) mass is 415 g/mol. The Hall–Kier alpha value is -4.20. The van der Waals surface area contributed by atoms with Crippen LogP contribution in [0.4, 0.5) is 5.82 Å². The number of furan rings is 1. The maximum atomic E-state index is 12.5. The van der Waals surface area contributed by atoms with Crippen LogP contribution in [-0.2, 0) is 11.2 Å². The molecule has 1 amide bonds. The molecule has 8 heteroatoms. The summed E-state index contributed by atoms with van der Waals surface area (Å²) in [6.45, 7) is 3.67. The third-order valence-electron chi connectivity index (χ3n) is 4.72. The van der Waals surface area contributed by atoms with Crippen LogP contribution < -0.4 is 10.9 Å². The van der Waals surface area contributed by atoms with E-state index in [1.807, 2.05) is 37.3 Å². The Kier molecular flexibility index (Phi) is 5.61. The van der Waals surface area contributed by atoms with Crippen molar-refractivity contribution in [3.8, 4) is 17.4 Å². The first-order chi connectivity index (χ1) is 15.0. The van der Waals surface area contributed by atoms with Crippen LogP contribution in [0.5, 0.6) is 0 Å². The van der Waals surface area contributed by atoms with Gasteiger partial charge in [-0.25, -0.2) is 4.98 Å². The molecule has 0 aliphatic heterocycles. The second-order valence-corrected chi connectivity index (χ2v) is 6.84. The molecule has 0 bridgehead atoms. The van der Waals surface area contributed by atoms with Crippen LogP contribution in [-0.4, -0.2) is 25.7 Å². The average Bonchev–Trinajstić information content (AvgIpc) is 3.43. The lowest BCUT2D eigenvalue weighted by molar-refractivity contribution is -0.111. The molecule has 0 spiro atoms. The van der Waals surface area contributed by atoms with E-state index in [4.69, 9.17) is 4.42 Å². The molecule has 156 valence electrons. The van der Waals surface area contributed by atoms with Gasteiger partial charge < -0.3 is 9.73 Å². The van der Waals surface area contributed by atoms with E-state index in [9.17, 15) is 9.59 Å². The maximum absolute atomic E-state index is 12.5. The molecule has 0 aliphatic carbocycles. The lowest BCUT2D eigenvalue weighted by Crippen LogP contribution is -2.21. The summed E-state index contributed by atoms with van der Waals surface area (Å²) in [5.41, 5.74) is 2.38. The van der Waals surface area contributed by atoms with Crippen LogP contribution in [0.25, 0.3) is 23.5 Å². The molecule has 3 aromatic heterocycles. The van der Waals surface area contributed by atoms with Crippen molar-refractivity contribution >= 4 is 17.8 Å². The Labute approximate surface area is 178 Å². The smallest absolute Gasteiger partial charge is 0.255 e. The number of H-pyrrole nitrogens is 1. The molecule has 0 aliphatic rings. The maximum Gasteiger partial charge on any atom is 0.255 e. The summed E-state index contributed by atoms with van der Waals surface area (Å²) in [7, 11) is 0. The van der Waals surface area contributed by atoms with E-state index in [1.165, 1.54) is 17.0 Å². The number of aromatic nitrogens is 4. The van der Waals surface area contributed by atoms with E-state index in [1.54, 1.807) is 31.2 Å². The fourth-order valence-corrected chi connectivity index (χ4v) is 3.19. The number of carbonyl (C=O) groups excluding carboxylic acids is 1. The summed E-state index contributed by atoms with van der Waals surface area (Å²) < 4.78 is 6.81. The van der Waals surface area contributed by atoms with Crippen LogP contribution in [0, 0.1) is 6.92 Å². The standard InChI is InChI=1S/C23H21N5O3/c1-3-17-15(2)24-23(26-22(17)30)28-20(14-18(27-28)19-10-7-13-31-19)25-21(29)12-11-16-8-5-4-6-9-16/h4-14H,3H2,1-2H3,(H,25,29)(H,24,26,30)/b12-11-. The summed E-state index contributed by atoms with van der Waals surface area (Å²) in [4.78, 5) is 32.2. The Morgan fingerprint density at radius 3 is 2.71 bits per heavy atom. The van der Waals surface area contributed by atoms with E-state index in [0.29, 0.717) is 35.0 Å². The van der Waals surface area contributed by atoms with Crippen molar-refractivity contribution in [2.24, 2.45) is 0 Å². The highest BCUT2D eigenvalue weighted by Gasteiger charge is 2.17. The van der Waals surface area contributed by atoms with Gasteiger partial charge in [0.1, 0.15) is 11.5 Å². The molecule has 0 radical (unpaired) electrons. The minimum atomic E-state index is -0.347. The molecule has 0 fully saturated rings. The van der Waals surface area contributed by atoms with E-state index in [2.05, 4.69) is 20.4 Å². The normalized spacial score (nSPS) is 11.2. The van der Waals surface area contributed by atoms with E-state index < -0.39 is 0 Å². The van der Waals surface area contributed by atoms with E-state index >= 15 is 0 Å². The van der Waals surface area contributed by atoms with Gasteiger partial charge in [-0.2, -0.15) is 9.78 Å². The molecule has 0 saturated carbocycles. The number of nitrogens with one attached hydrogen (secondary N) is 2. The summed E-state index contributed by atoms with van der Waals surface area (Å²) in [6, 6.07) is 14.7. The molecule has 31 heavy (non-hydrogen) atoms. The van der Waals surface area contributed by atoms with Crippen molar-refractivity contribution in [1.82, 2.24) is 19.7 Å². The second-order valence-electron chi connectivity index (χ2n) is 6.84. The predicted molar refractivity (Wildman–Crippen MR) is 118 cm³/mol. The predicted octanol–water partition coefficient (Wildman–Crippen LogP) is 3.74. The number of aryl methyl sites for hydroxylation is 1. The number of aromatic amines is 1. The molecule has 0 atom stereocenters. The quantitative estimate of drug-likeness (QED) is 0.467. The summed E-state index contributed by atoms with van der Waals surface area (Å²) in [6.07, 6.45) is 5.25. The lowest BCUT2D eigenvalue weighted by atomic mass is 10.2. The number of rotatable bonds is 6. The molecule has 0 unspecified atom stereocenters. The Morgan fingerprint density at radius 2 is 2.03 bits per heavy atom. The van der Waals surface area contributed by atoms with Crippen LogP contribution in [0.15, 0.2) is 70.1 Å². The Balaban J connectivity index is 1.70. The zero-order valence-corrected chi connectivity index (χ0v) is 17.1. The van der Waals surface area contributed by atoms with Gasteiger partial charge in [-0.1, -0.05) is 37.3 Å². The number of nitrogens with zero attached hydrogens (tertiary/aromatic N) is 3. The Morgan fingerprint density at radius 1 is 1.23 bits per heavy atom. The van der Waals surface area contributed by atoms with Gasteiger partial charge in [-0.3, -0.25) is 14.6 Å². The van der Waals surface area contributed by atoms with Crippen molar-refractivity contribution in [1.29, 1.82) is 0 Å². The van der Waals surface area contributed by atoms with Gasteiger partial charge >= 0.3 is 0 Å². The van der Waals surface area contributed by atoms with Crippen LogP contribution in [0.3, 0.4) is 0 Å². The Bertz CT molecular complexity index is 1280. The highest BCUT2D eigenvalue weighted by molar-refractivity contribution is 6.01. The third-order valence-corrected chi connectivity index (χ3v) is 4.72. The van der Waals surface area contributed by atoms with Crippen molar-refractivity contribution in [2.45, 2.75) is 20.3 Å². The molecule has 3 heterocycles. The molecule has 1 aromatic carbocycles. The number of amides is 1. The highest BCUT2D eigenvalue weighted by Crippen LogP contribution is 2.24. The molecule has 4 rings (SSSR count). The third kappa shape index (κ3) is 4.37. The van der Waals surface area contributed by atoms with Crippen LogP contribution in [0.1, 0.15) is 23.7 Å². The van der Waals surface area contributed by atoms with Gasteiger partial charge in [-0.15, -0.1) is 0 Å².